The van der Waals surface area contributed by atoms with Crippen LogP contribution in [0, 0.1) is 5.92 Å². The number of hydrogen-bond acceptors (Lipinski definition) is 5. The van der Waals surface area contributed by atoms with Crippen LogP contribution < -0.4 is 5.32 Å². The van der Waals surface area contributed by atoms with Crippen molar-refractivity contribution in [3.05, 3.63) is 59.1 Å². The number of aromatic nitrogens is 4. The highest BCUT2D eigenvalue weighted by molar-refractivity contribution is 6.31. The predicted octanol–water partition coefficient (Wildman–Crippen LogP) is 3.94. The smallest absolute Gasteiger partial charge is 0.254 e. The molecule has 33 heavy (non-hydrogen) atoms. The van der Waals surface area contributed by atoms with Gasteiger partial charge < -0.3 is 10.2 Å². The van der Waals surface area contributed by atoms with E-state index in [-0.39, 0.29) is 17.9 Å². The molecule has 1 N–H and O–H groups in total. The number of hydrogen-bond donors (Lipinski definition) is 1. The van der Waals surface area contributed by atoms with Gasteiger partial charge in [0.2, 0.25) is 5.91 Å². The van der Waals surface area contributed by atoms with Gasteiger partial charge in [-0.1, -0.05) is 42.6 Å². The highest BCUT2D eigenvalue weighted by Gasteiger charge is 2.47. The van der Waals surface area contributed by atoms with Crippen molar-refractivity contribution in [1.29, 1.82) is 0 Å². The Morgan fingerprint density at radius 3 is 2.70 bits per heavy atom. The average molecular weight is 465 g/mol. The molecule has 1 aliphatic carbocycles. The first-order chi connectivity index (χ1) is 16.0. The van der Waals surface area contributed by atoms with Gasteiger partial charge in [-0.15, -0.1) is 5.10 Å². The summed E-state index contributed by atoms with van der Waals surface area (Å²) < 4.78 is 1.58. The second-order valence-electron chi connectivity index (χ2n) is 8.78. The van der Waals surface area contributed by atoms with Gasteiger partial charge in [0.05, 0.1) is 0 Å². The summed E-state index contributed by atoms with van der Waals surface area (Å²) in [5.41, 5.74) is 1.96. The van der Waals surface area contributed by atoms with Crippen LogP contribution in [0.2, 0.25) is 5.02 Å². The third-order valence-electron chi connectivity index (χ3n) is 6.71. The molecule has 1 saturated carbocycles. The summed E-state index contributed by atoms with van der Waals surface area (Å²) in [6, 6.07) is 13.9. The van der Waals surface area contributed by atoms with Crippen molar-refractivity contribution in [2.24, 2.45) is 13.0 Å². The Labute approximate surface area is 196 Å². The summed E-state index contributed by atoms with van der Waals surface area (Å²) in [5.74, 6) is 0.642. The lowest BCUT2D eigenvalue weighted by atomic mass is 9.84. The zero-order valence-corrected chi connectivity index (χ0v) is 19.1. The minimum absolute atomic E-state index is 0.0806. The van der Waals surface area contributed by atoms with Crippen LogP contribution in [0.4, 0.5) is 5.69 Å². The number of fused-ring (bicyclic) bond motifs is 1. The molecule has 5 rings (SSSR count). The molecule has 170 valence electrons. The lowest BCUT2D eigenvalue weighted by molar-refractivity contribution is -0.120. The Hall–Kier alpha value is -3.26. The number of likely N-dealkylation sites (tertiary alicyclic amines) is 1. The standard InChI is InChI=1S/C24H25ClN6O2/c1-30-22(27-28-29-30)16-7-5-10-19(13-16)26-23(32)21-14-15-6-2-3-11-20(15)31(21)24(33)17-8-4-9-18(25)12-17/h4-5,7-10,12-13,15,20-21H,2-3,6,11,14H2,1H3,(H,26,32). The summed E-state index contributed by atoms with van der Waals surface area (Å²) in [7, 11) is 1.76. The summed E-state index contributed by atoms with van der Waals surface area (Å²) in [4.78, 5) is 28.8. The van der Waals surface area contributed by atoms with E-state index < -0.39 is 6.04 Å². The quantitative estimate of drug-likeness (QED) is 0.631. The fourth-order valence-corrected chi connectivity index (χ4v) is 5.38. The van der Waals surface area contributed by atoms with Crippen molar-refractivity contribution >= 4 is 29.1 Å². The molecule has 2 amide bonds. The monoisotopic (exact) mass is 464 g/mol. The number of carbonyl (C=O) groups is 2. The van der Waals surface area contributed by atoms with Gasteiger partial charge >= 0.3 is 0 Å². The summed E-state index contributed by atoms with van der Waals surface area (Å²) in [5, 5.41) is 15.1. The fraction of sp³-hybridized carbons (Fsp3) is 0.375. The van der Waals surface area contributed by atoms with E-state index in [1.807, 2.05) is 24.3 Å². The van der Waals surface area contributed by atoms with Crippen molar-refractivity contribution in [2.75, 3.05) is 5.32 Å². The predicted molar refractivity (Wildman–Crippen MR) is 125 cm³/mol. The SMILES string of the molecule is Cn1nnnc1-c1cccc(NC(=O)C2CC3CCCCC3N2C(=O)c2cccc(Cl)c2)c1. The third-order valence-corrected chi connectivity index (χ3v) is 6.94. The minimum atomic E-state index is -0.523. The number of carbonyl (C=O) groups excluding carboxylic acids is 2. The van der Waals surface area contributed by atoms with E-state index in [4.69, 9.17) is 11.6 Å². The molecule has 1 saturated heterocycles. The Kier molecular flexibility index (Phi) is 5.85. The number of aryl methyl sites for hydroxylation is 1. The molecular formula is C24H25ClN6O2. The summed E-state index contributed by atoms with van der Waals surface area (Å²) in [6.45, 7) is 0. The molecule has 0 bridgehead atoms. The lowest BCUT2D eigenvalue weighted by Gasteiger charge is -2.33. The Morgan fingerprint density at radius 1 is 1.09 bits per heavy atom. The van der Waals surface area contributed by atoms with E-state index in [0.29, 0.717) is 34.4 Å². The first-order valence-electron chi connectivity index (χ1n) is 11.2. The highest BCUT2D eigenvalue weighted by atomic mass is 35.5. The Balaban J connectivity index is 1.41. The first kappa shape index (κ1) is 21.6. The fourth-order valence-electron chi connectivity index (χ4n) is 5.19. The topological polar surface area (TPSA) is 93.0 Å². The molecule has 1 aliphatic heterocycles. The number of benzene rings is 2. The second-order valence-corrected chi connectivity index (χ2v) is 9.22. The van der Waals surface area contributed by atoms with Crippen molar-refractivity contribution in [1.82, 2.24) is 25.1 Å². The van der Waals surface area contributed by atoms with Gasteiger partial charge in [-0.3, -0.25) is 9.59 Å². The Bertz CT molecular complexity index is 1190. The van der Waals surface area contributed by atoms with E-state index in [1.54, 1.807) is 40.9 Å². The van der Waals surface area contributed by atoms with E-state index in [2.05, 4.69) is 20.8 Å². The van der Waals surface area contributed by atoms with Crippen LogP contribution in [0.3, 0.4) is 0 Å². The van der Waals surface area contributed by atoms with Gasteiger partial charge in [0.1, 0.15) is 6.04 Å². The Morgan fingerprint density at radius 2 is 1.91 bits per heavy atom. The number of tetrazole rings is 1. The molecule has 3 unspecified atom stereocenters. The summed E-state index contributed by atoms with van der Waals surface area (Å²) in [6.07, 6.45) is 4.86. The number of nitrogens with one attached hydrogen (secondary N) is 1. The number of amides is 2. The molecule has 8 nitrogen and oxygen atoms in total. The average Bonchev–Trinajstić information content (AvgIpc) is 3.42. The largest absolute Gasteiger partial charge is 0.324 e. The maximum absolute atomic E-state index is 13.5. The van der Waals surface area contributed by atoms with E-state index in [0.717, 1.165) is 31.2 Å². The summed E-state index contributed by atoms with van der Waals surface area (Å²) >= 11 is 6.14. The van der Waals surface area contributed by atoms with Gasteiger partial charge in [0, 0.05) is 34.9 Å². The number of halogens is 1. The molecule has 3 aromatic rings. The molecule has 3 atom stereocenters. The number of nitrogens with zero attached hydrogens (tertiary/aromatic N) is 5. The van der Waals surface area contributed by atoms with Gasteiger partial charge in [-0.25, -0.2) is 4.68 Å². The zero-order chi connectivity index (χ0) is 22.9. The van der Waals surface area contributed by atoms with Crippen molar-refractivity contribution < 1.29 is 9.59 Å². The van der Waals surface area contributed by atoms with Crippen LogP contribution in [-0.2, 0) is 11.8 Å². The normalized spacial score (nSPS) is 22.1. The van der Waals surface area contributed by atoms with E-state index in [1.165, 1.54) is 0 Å². The molecule has 2 aliphatic rings. The van der Waals surface area contributed by atoms with Crippen molar-refractivity contribution in [2.45, 2.75) is 44.2 Å². The van der Waals surface area contributed by atoms with Crippen LogP contribution in [0.15, 0.2) is 48.5 Å². The van der Waals surface area contributed by atoms with Gasteiger partial charge in [-0.05, 0) is 65.9 Å². The molecule has 0 spiro atoms. The van der Waals surface area contributed by atoms with Crippen LogP contribution in [-0.4, -0.2) is 49.0 Å². The van der Waals surface area contributed by atoms with Gasteiger partial charge in [0.25, 0.3) is 5.91 Å². The molecule has 2 heterocycles. The minimum Gasteiger partial charge on any atom is -0.324 e. The number of rotatable bonds is 4. The molecule has 0 radical (unpaired) electrons. The van der Waals surface area contributed by atoms with Crippen LogP contribution in [0.1, 0.15) is 42.5 Å². The second kappa shape index (κ2) is 8.94. The van der Waals surface area contributed by atoms with Gasteiger partial charge in [0.15, 0.2) is 5.82 Å². The van der Waals surface area contributed by atoms with Crippen LogP contribution in [0.25, 0.3) is 11.4 Å². The third kappa shape index (κ3) is 4.23. The molecule has 9 heteroatoms. The molecule has 2 fully saturated rings. The van der Waals surface area contributed by atoms with Crippen LogP contribution in [0.5, 0.6) is 0 Å². The molecule has 2 aromatic carbocycles. The molecule has 1 aromatic heterocycles. The van der Waals surface area contributed by atoms with Crippen molar-refractivity contribution in [3.8, 4) is 11.4 Å². The maximum atomic E-state index is 13.5. The van der Waals surface area contributed by atoms with Gasteiger partial charge in [-0.2, -0.15) is 0 Å². The molecular weight excluding hydrogens is 440 g/mol. The maximum Gasteiger partial charge on any atom is 0.254 e. The number of anilines is 1. The zero-order valence-electron chi connectivity index (χ0n) is 18.3. The van der Waals surface area contributed by atoms with E-state index >= 15 is 0 Å². The lowest BCUT2D eigenvalue weighted by Crippen LogP contribution is -2.47. The van der Waals surface area contributed by atoms with Crippen LogP contribution >= 0.6 is 11.6 Å². The first-order valence-corrected chi connectivity index (χ1v) is 11.6. The highest BCUT2D eigenvalue weighted by Crippen LogP contribution is 2.41. The van der Waals surface area contributed by atoms with Crippen molar-refractivity contribution in [3.63, 3.8) is 0 Å². The van der Waals surface area contributed by atoms with E-state index in [9.17, 15) is 9.59 Å².